The summed E-state index contributed by atoms with van der Waals surface area (Å²) in [6.07, 6.45) is 1.94. The van der Waals surface area contributed by atoms with Crippen LogP contribution in [-0.2, 0) is 4.74 Å². The minimum Gasteiger partial charge on any atom is -0.454 e. The monoisotopic (exact) mass is 432 g/mol. The number of nitrogens with zero attached hydrogens (tertiary/aromatic N) is 2. The maximum Gasteiger partial charge on any atom is 0.338 e. The van der Waals surface area contributed by atoms with Gasteiger partial charge in [-0.1, -0.05) is 49.4 Å². The summed E-state index contributed by atoms with van der Waals surface area (Å²) in [5, 5.41) is 13.4. The van der Waals surface area contributed by atoms with Crippen molar-refractivity contribution in [2.45, 2.75) is 19.8 Å². The van der Waals surface area contributed by atoms with Crippen molar-refractivity contribution in [2.75, 3.05) is 24.6 Å². The zero-order chi connectivity index (χ0) is 22.7. The zero-order valence-electron chi connectivity index (χ0n) is 17.8. The standard InChI is InChI=1S/C25H24N2O5/c1-17-11-13-26(14-12-17)22-10-9-19(15-23(22)27(30)31)25(29)32-16-24(28)21-8-4-6-18-5-2-3-7-20(18)21/h2-10,15,17H,11-14,16H2,1H3. The SMILES string of the molecule is CC1CCN(c2ccc(C(=O)OCC(=O)c3cccc4ccccc34)cc2[N+](=O)[O-])CC1. The number of anilines is 1. The molecule has 1 fully saturated rings. The van der Waals surface area contributed by atoms with Crippen LogP contribution in [0.2, 0.25) is 0 Å². The van der Waals surface area contributed by atoms with Gasteiger partial charge in [0.25, 0.3) is 5.69 Å². The zero-order valence-corrected chi connectivity index (χ0v) is 17.8. The van der Waals surface area contributed by atoms with Crippen LogP contribution in [-0.4, -0.2) is 36.4 Å². The van der Waals surface area contributed by atoms with Gasteiger partial charge in [0.1, 0.15) is 5.69 Å². The van der Waals surface area contributed by atoms with Gasteiger partial charge in [-0.25, -0.2) is 4.79 Å². The number of ether oxygens (including phenoxy) is 1. The number of rotatable bonds is 6. The first-order chi connectivity index (χ1) is 15.4. The van der Waals surface area contributed by atoms with Crippen molar-refractivity contribution in [2.24, 2.45) is 5.92 Å². The summed E-state index contributed by atoms with van der Waals surface area (Å²) in [7, 11) is 0. The third-order valence-electron chi connectivity index (χ3n) is 5.96. The molecule has 1 aliphatic rings. The molecule has 4 rings (SSSR count). The summed E-state index contributed by atoms with van der Waals surface area (Å²) in [5.74, 6) is -0.497. The molecule has 3 aromatic carbocycles. The molecule has 3 aromatic rings. The van der Waals surface area contributed by atoms with Crippen LogP contribution in [0.4, 0.5) is 11.4 Å². The summed E-state index contributed by atoms with van der Waals surface area (Å²) in [4.78, 5) is 38.4. The number of ketones is 1. The van der Waals surface area contributed by atoms with E-state index in [9.17, 15) is 19.7 Å². The molecular weight excluding hydrogens is 408 g/mol. The van der Waals surface area contributed by atoms with E-state index in [2.05, 4.69) is 6.92 Å². The molecule has 0 bridgehead atoms. The van der Waals surface area contributed by atoms with Crippen molar-refractivity contribution in [3.05, 3.63) is 81.9 Å². The highest BCUT2D eigenvalue weighted by Crippen LogP contribution is 2.32. The first-order valence-corrected chi connectivity index (χ1v) is 10.7. The van der Waals surface area contributed by atoms with Crippen LogP contribution < -0.4 is 4.90 Å². The number of fused-ring (bicyclic) bond motifs is 1. The lowest BCUT2D eigenvalue weighted by Gasteiger charge is -2.31. The second-order valence-corrected chi connectivity index (χ2v) is 8.16. The van der Waals surface area contributed by atoms with Gasteiger partial charge in [-0.15, -0.1) is 0 Å². The fourth-order valence-electron chi connectivity index (χ4n) is 4.07. The van der Waals surface area contributed by atoms with Crippen LogP contribution in [0.5, 0.6) is 0 Å². The number of hydrogen-bond acceptors (Lipinski definition) is 6. The summed E-state index contributed by atoms with van der Waals surface area (Å²) < 4.78 is 5.20. The predicted molar refractivity (Wildman–Crippen MR) is 122 cm³/mol. The van der Waals surface area contributed by atoms with E-state index in [-0.39, 0.29) is 17.0 Å². The molecule has 7 heteroatoms. The minimum atomic E-state index is -0.763. The van der Waals surface area contributed by atoms with E-state index in [0.717, 1.165) is 36.7 Å². The number of esters is 1. The van der Waals surface area contributed by atoms with Crippen LogP contribution in [0.3, 0.4) is 0 Å². The average Bonchev–Trinajstić information content (AvgIpc) is 2.82. The Morgan fingerprint density at radius 3 is 2.53 bits per heavy atom. The Balaban J connectivity index is 1.49. The van der Waals surface area contributed by atoms with Gasteiger partial charge in [0.2, 0.25) is 5.78 Å². The van der Waals surface area contributed by atoms with E-state index in [4.69, 9.17) is 4.74 Å². The van der Waals surface area contributed by atoms with Crippen molar-refractivity contribution in [3.63, 3.8) is 0 Å². The third kappa shape index (κ3) is 4.46. The molecule has 1 saturated heterocycles. The lowest BCUT2D eigenvalue weighted by molar-refractivity contribution is -0.384. The van der Waals surface area contributed by atoms with Crippen LogP contribution in [0.1, 0.15) is 40.5 Å². The number of piperidine rings is 1. The number of nitro groups is 1. The lowest BCUT2D eigenvalue weighted by atomic mass is 9.98. The fourth-order valence-corrected chi connectivity index (χ4v) is 4.07. The molecule has 0 spiro atoms. The topological polar surface area (TPSA) is 89.8 Å². The average molecular weight is 432 g/mol. The van der Waals surface area contributed by atoms with Crippen LogP contribution in [0, 0.1) is 16.0 Å². The highest BCUT2D eigenvalue weighted by molar-refractivity contribution is 6.09. The lowest BCUT2D eigenvalue weighted by Crippen LogP contribution is -2.33. The molecule has 32 heavy (non-hydrogen) atoms. The van der Waals surface area contributed by atoms with E-state index in [1.807, 2.05) is 35.2 Å². The van der Waals surface area contributed by atoms with Gasteiger partial charge in [-0.05, 0) is 41.7 Å². The molecule has 0 unspecified atom stereocenters. The maximum absolute atomic E-state index is 12.7. The Morgan fingerprint density at radius 1 is 1.06 bits per heavy atom. The first kappa shape index (κ1) is 21.5. The van der Waals surface area contributed by atoms with E-state index in [1.54, 1.807) is 18.2 Å². The van der Waals surface area contributed by atoms with E-state index in [0.29, 0.717) is 17.2 Å². The highest BCUT2D eigenvalue weighted by Gasteiger charge is 2.25. The highest BCUT2D eigenvalue weighted by atomic mass is 16.6. The summed E-state index contributed by atoms with van der Waals surface area (Å²) in [6.45, 7) is 3.22. The first-order valence-electron chi connectivity index (χ1n) is 10.7. The summed E-state index contributed by atoms with van der Waals surface area (Å²) in [5.41, 5.74) is 0.896. The Labute approximate surface area is 185 Å². The molecule has 0 aromatic heterocycles. The van der Waals surface area contributed by atoms with Crippen LogP contribution in [0.25, 0.3) is 10.8 Å². The summed E-state index contributed by atoms with van der Waals surface area (Å²) >= 11 is 0. The predicted octanol–water partition coefficient (Wildman–Crippen LogP) is 5.02. The number of benzene rings is 3. The molecule has 0 amide bonds. The third-order valence-corrected chi connectivity index (χ3v) is 5.96. The largest absolute Gasteiger partial charge is 0.454 e. The van der Waals surface area contributed by atoms with Gasteiger partial charge in [-0.3, -0.25) is 14.9 Å². The van der Waals surface area contributed by atoms with Gasteiger partial charge < -0.3 is 9.64 Å². The molecule has 1 aliphatic heterocycles. The van der Waals surface area contributed by atoms with Crippen molar-refractivity contribution in [3.8, 4) is 0 Å². The van der Waals surface area contributed by atoms with E-state index in [1.165, 1.54) is 12.1 Å². The molecule has 0 aliphatic carbocycles. The van der Waals surface area contributed by atoms with Gasteiger partial charge >= 0.3 is 5.97 Å². The molecule has 0 saturated carbocycles. The Hall–Kier alpha value is -3.74. The molecule has 7 nitrogen and oxygen atoms in total. The van der Waals surface area contributed by atoms with Gasteiger partial charge in [0, 0.05) is 24.7 Å². The number of carbonyl (C=O) groups excluding carboxylic acids is 2. The Kier molecular flexibility index (Phi) is 6.16. The Bertz CT molecular complexity index is 1180. The van der Waals surface area contributed by atoms with Crippen molar-refractivity contribution < 1.29 is 19.2 Å². The number of nitro benzene ring substituents is 1. The van der Waals surface area contributed by atoms with Crippen LogP contribution >= 0.6 is 0 Å². The molecule has 0 radical (unpaired) electrons. The van der Waals surface area contributed by atoms with Crippen molar-refractivity contribution >= 4 is 33.9 Å². The second-order valence-electron chi connectivity index (χ2n) is 8.16. The second kappa shape index (κ2) is 9.18. The molecule has 1 heterocycles. The van der Waals surface area contributed by atoms with Gasteiger partial charge in [0.15, 0.2) is 6.61 Å². The molecule has 0 atom stereocenters. The van der Waals surface area contributed by atoms with E-state index < -0.39 is 17.5 Å². The quantitative estimate of drug-likeness (QED) is 0.235. The normalized spacial score (nSPS) is 14.3. The fraction of sp³-hybridized carbons (Fsp3) is 0.280. The Morgan fingerprint density at radius 2 is 1.78 bits per heavy atom. The van der Waals surface area contributed by atoms with Crippen LogP contribution in [0.15, 0.2) is 60.7 Å². The number of hydrogen-bond donors (Lipinski definition) is 0. The smallest absolute Gasteiger partial charge is 0.338 e. The summed E-state index contributed by atoms with van der Waals surface area (Å²) in [6, 6.07) is 17.2. The van der Waals surface area contributed by atoms with Crippen molar-refractivity contribution in [1.82, 2.24) is 0 Å². The maximum atomic E-state index is 12.7. The molecular formula is C25H24N2O5. The number of carbonyl (C=O) groups is 2. The molecule has 164 valence electrons. The minimum absolute atomic E-state index is 0.0524. The van der Waals surface area contributed by atoms with Crippen molar-refractivity contribution in [1.29, 1.82) is 0 Å². The molecule has 0 N–H and O–H groups in total. The van der Waals surface area contributed by atoms with Gasteiger partial charge in [0.05, 0.1) is 10.5 Å². The number of Topliss-reactive ketones (excluding diaryl/α,β-unsaturated/α-hetero) is 1. The van der Waals surface area contributed by atoms with Gasteiger partial charge in [-0.2, -0.15) is 0 Å². The van der Waals surface area contributed by atoms with E-state index >= 15 is 0 Å².